The molecule has 0 heterocycles. The Kier molecular flexibility index (Phi) is 4.31. The molecule has 0 aromatic heterocycles. The number of carbonyl (C=O) groups excluding carboxylic acids is 2. The molecule has 1 rings (SSSR count). The van der Waals surface area contributed by atoms with Crippen LogP contribution in [0.5, 0.6) is 5.75 Å². The van der Waals surface area contributed by atoms with Gasteiger partial charge in [-0.2, -0.15) is 0 Å². The van der Waals surface area contributed by atoms with E-state index in [4.69, 9.17) is 11.6 Å². The summed E-state index contributed by atoms with van der Waals surface area (Å²) in [5.74, 6) is -1.33. The van der Waals surface area contributed by atoms with Crippen molar-refractivity contribution in [3.63, 3.8) is 0 Å². The predicted molar refractivity (Wildman–Crippen MR) is 58.7 cm³/mol. The summed E-state index contributed by atoms with van der Waals surface area (Å²) in [5.41, 5.74) is 0.0283. The lowest BCUT2D eigenvalue weighted by Gasteiger charge is -2.04. The molecular weight excluding hydrogens is 232 g/mol. The zero-order chi connectivity index (χ0) is 12.1. The zero-order valence-electron chi connectivity index (χ0n) is 8.70. The molecule has 86 valence electrons. The second-order valence-corrected chi connectivity index (χ2v) is 3.50. The summed E-state index contributed by atoms with van der Waals surface area (Å²) in [4.78, 5) is 22.6. The number of esters is 1. The number of phenols is 1. The van der Waals surface area contributed by atoms with Crippen molar-refractivity contribution in [3.05, 3.63) is 28.8 Å². The minimum atomic E-state index is -0.619. The molecule has 0 amide bonds. The summed E-state index contributed by atoms with van der Waals surface area (Å²) < 4.78 is 4.63. The Morgan fingerprint density at radius 1 is 1.44 bits per heavy atom. The number of ketones is 1. The predicted octanol–water partition coefficient (Wildman–Crippen LogP) is 2.18. The molecule has 1 aromatic carbocycles. The van der Waals surface area contributed by atoms with E-state index in [-0.39, 0.29) is 17.9 Å². The van der Waals surface area contributed by atoms with E-state index in [9.17, 15) is 14.7 Å². The van der Waals surface area contributed by atoms with Crippen LogP contribution in [0.3, 0.4) is 0 Å². The fourth-order valence-corrected chi connectivity index (χ4v) is 1.34. The molecule has 0 atom stereocenters. The molecule has 0 saturated heterocycles. The fourth-order valence-electron chi connectivity index (χ4n) is 1.17. The fraction of sp³-hybridized carbons (Fsp3) is 0.273. The minimum absolute atomic E-state index is 0.0283. The Hall–Kier alpha value is -1.55. The highest BCUT2D eigenvalue weighted by molar-refractivity contribution is 6.31. The SMILES string of the molecule is CCOC(=O)CC(=O)c1cc(Cl)ccc1O. The lowest BCUT2D eigenvalue weighted by Crippen LogP contribution is -2.11. The Balaban J connectivity index is 2.80. The van der Waals surface area contributed by atoms with Crippen molar-refractivity contribution in [3.8, 4) is 5.75 Å². The summed E-state index contributed by atoms with van der Waals surface area (Å²) >= 11 is 5.68. The molecular formula is C11H11ClO4. The number of phenolic OH excluding ortho intramolecular Hbond substituents is 1. The number of hydrogen-bond donors (Lipinski definition) is 1. The van der Waals surface area contributed by atoms with Gasteiger partial charge in [-0.1, -0.05) is 11.6 Å². The highest BCUT2D eigenvalue weighted by atomic mass is 35.5. The van der Waals surface area contributed by atoms with Gasteiger partial charge in [0.25, 0.3) is 0 Å². The molecule has 0 saturated carbocycles. The summed E-state index contributed by atoms with van der Waals surface area (Å²) in [5, 5.41) is 9.74. The molecule has 1 N–H and O–H groups in total. The molecule has 0 spiro atoms. The number of aromatic hydroxyl groups is 1. The van der Waals surface area contributed by atoms with E-state index < -0.39 is 18.2 Å². The number of benzene rings is 1. The van der Waals surface area contributed by atoms with Crippen molar-refractivity contribution in [1.82, 2.24) is 0 Å². The van der Waals surface area contributed by atoms with E-state index >= 15 is 0 Å². The second-order valence-electron chi connectivity index (χ2n) is 3.07. The first-order valence-electron chi connectivity index (χ1n) is 4.72. The van der Waals surface area contributed by atoms with Gasteiger partial charge in [0.15, 0.2) is 5.78 Å². The number of rotatable bonds is 4. The van der Waals surface area contributed by atoms with E-state index in [1.165, 1.54) is 18.2 Å². The van der Waals surface area contributed by atoms with Crippen molar-refractivity contribution in [1.29, 1.82) is 0 Å². The van der Waals surface area contributed by atoms with Crippen LogP contribution in [-0.2, 0) is 9.53 Å². The van der Waals surface area contributed by atoms with Crippen molar-refractivity contribution in [2.24, 2.45) is 0 Å². The molecule has 5 heteroatoms. The lowest BCUT2D eigenvalue weighted by atomic mass is 10.1. The van der Waals surface area contributed by atoms with E-state index in [2.05, 4.69) is 4.74 Å². The smallest absolute Gasteiger partial charge is 0.313 e. The Labute approximate surface area is 97.8 Å². The molecule has 0 aliphatic rings. The van der Waals surface area contributed by atoms with Crippen LogP contribution in [0.25, 0.3) is 0 Å². The summed E-state index contributed by atoms with van der Waals surface area (Å²) in [6.07, 6.45) is -0.401. The van der Waals surface area contributed by atoms with Crippen LogP contribution < -0.4 is 0 Å². The highest BCUT2D eigenvalue weighted by Gasteiger charge is 2.16. The van der Waals surface area contributed by atoms with Gasteiger partial charge in [-0.25, -0.2) is 0 Å². The highest BCUT2D eigenvalue weighted by Crippen LogP contribution is 2.22. The number of Topliss-reactive ketones (excluding diaryl/α,β-unsaturated/α-hetero) is 1. The average molecular weight is 243 g/mol. The van der Waals surface area contributed by atoms with E-state index in [0.717, 1.165) is 0 Å². The molecule has 0 aliphatic carbocycles. The number of hydrogen-bond acceptors (Lipinski definition) is 4. The third-order valence-electron chi connectivity index (χ3n) is 1.87. The van der Waals surface area contributed by atoms with Crippen molar-refractivity contribution in [2.45, 2.75) is 13.3 Å². The molecule has 0 unspecified atom stereocenters. The van der Waals surface area contributed by atoms with E-state index in [0.29, 0.717) is 5.02 Å². The van der Waals surface area contributed by atoms with Crippen molar-refractivity contribution in [2.75, 3.05) is 6.61 Å². The quantitative estimate of drug-likeness (QED) is 0.499. The molecule has 4 nitrogen and oxygen atoms in total. The van der Waals surface area contributed by atoms with Crippen LogP contribution in [0.15, 0.2) is 18.2 Å². The van der Waals surface area contributed by atoms with Crippen LogP contribution in [-0.4, -0.2) is 23.5 Å². The van der Waals surface area contributed by atoms with Crippen molar-refractivity contribution >= 4 is 23.4 Å². The van der Waals surface area contributed by atoms with Crippen LogP contribution in [0.4, 0.5) is 0 Å². The maximum Gasteiger partial charge on any atom is 0.313 e. The van der Waals surface area contributed by atoms with Crippen LogP contribution >= 0.6 is 11.6 Å². The monoisotopic (exact) mass is 242 g/mol. The zero-order valence-corrected chi connectivity index (χ0v) is 9.45. The van der Waals surface area contributed by atoms with Gasteiger partial charge in [0.1, 0.15) is 12.2 Å². The van der Waals surface area contributed by atoms with Gasteiger partial charge in [-0.3, -0.25) is 9.59 Å². The minimum Gasteiger partial charge on any atom is -0.507 e. The molecule has 0 radical (unpaired) electrons. The molecule has 0 bridgehead atoms. The van der Waals surface area contributed by atoms with Crippen molar-refractivity contribution < 1.29 is 19.4 Å². The molecule has 16 heavy (non-hydrogen) atoms. The Bertz CT molecular complexity index is 414. The van der Waals surface area contributed by atoms with Gasteiger partial charge in [0, 0.05) is 5.02 Å². The van der Waals surface area contributed by atoms with Crippen LogP contribution in [0.1, 0.15) is 23.7 Å². The normalized spacial score (nSPS) is 9.88. The maximum atomic E-state index is 11.6. The average Bonchev–Trinajstić information content (AvgIpc) is 2.21. The lowest BCUT2D eigenvalue weighted by molar-refractivity contribution is -0.141. The van der Waals surface area contributed by atoms with E-state index in [1.807, 2.05) is 0 Å². The Morgan fingerprint density at radius 3 is 2.75 bits per heavy atom. The summed E-state index contributed by atoms with van der Waals surface area (Å²) in [6.45, 7) is 1.87. The van der Waals surface area contributed by atoms with Gasteiger partial charge >= 0.3 is 5.97 Å². The molecule has 1 aromatic rings. The second kappa shape index (κ2) is 5.51. The van der Waals surface area contributed by atoms with Gasteiger partial charge in [-0.05, 0) is 25.1 Å². The standard InChI is InChI=1S/C11H11ClO4/c1-2-16-11(15)6-10(14)8-5-7(12)3-4-9(8)13/h3-5,13H,2,6H2,1H3. The first kappa shape index (κ1) is 12.5. The largest absolute Gasteiger partial charge is 0.507 e. The third-order valence-corrected chi connectivity index (χ3v) is 2.10. The third kappa shape index (κ3) is 3.24. The van der Waals surface area contributed by atoms with Gasteiger partial charge in [0.2, 0.25) is 0 Å². The topological polar surface area (TPSA) is 63.6 Å². The van der Waals surface area contributed by atoms with Crippen LogP contribution in [0, 0.1) is 0 Å². The molecule has 0 aliphatic heterocycles. The maximum absolute atomic E-state index is 11.6. The first-order valence-corrected chi connectivity index (χ1v) is 5.09. The number of ether oxygens (including phenoxy) is 1. The Morgan fingerprint density at radius 2 is 2.12 bits per heavy atom. The van der Waals surface area contributed by atoms with E-state index in [1.54, 1.807) is 6.92 Å². The van der Waals surface area contributed by atoms with Gasteiger partial charge in [0.05, 0.1) is 12.2 Å². The van der Waals surface area contributed by atoms with Gasteiger partial charge in [-0.15, -0.1) is 0 Å². The molecule has 0 fully saturated rings. The number of halogens is 1. The summed E-state index contributed by atoms with van der Waals surface area (Å²) in [7, 11) is 0. The summed E-state index contributed by atoms with van der Waals surface area (Å²) in [6, 6.07) is 4.08. The van der Waals surface area contributed by atoms with Crippen LogP contribution in [0.2, 0.25) is 5.02 Å². The number of carbonyl (C=O) groups is 2. The first-order chi connectivity index (χ1) is 7.54. The van der Waals surface area contributed by atoms with Gasteiger partial charge < -0.3 is 9.84 Å².